The quantitative estimate of drug-likeness (QED) is 0.620. The molecule has 0 unspecified atom stereocenters. The summed E-state index contributed by atoms with van der Waals surface area (Å²) >= 11 is 1.84. The highest BCUT2D eigenvalue weighted by atomic mass is 32.2. The van der Waals surface area contributed by atoms with E-state index in [-0.39, 0.29) is 0 Å². The van der Waals surface area contributed by atoms with Crippen molar-refractivity contribution >= 4 is 29.6 Å². The maximum absolute atomic E-state index is 10.8. The summed E-state index contributed by atoms with van der Waals surface area (Å²) < 4.78 is 2.46. The highest BCUT2D eigenvalue weighted by Gasteiger charge is 2.44. The van der Waals surface area contributed by atoms with E-state index in [1.54, 1.807) is 6.08 Å². The molecule has 0 saturated carbocycles. The number of piperidine rings is 1. The zero-order chi connectivity index (χ0) is 19.6. The van der Waals surface area contributed by atoms with Crippen LogP contribution >= 0.6 is 11.9 Å². The number of anilines is 1. The predicted octanol–water partition coefficient (Wildman–Crippen LogP) is 3.82. The fourth-order valence-electron chi connectivity index (χ4n) is 4.49. The van der Waals surface area contributed by atoms with Crippen molar-refractivity contribution in [2.24, 2.45) is 5.73 Å². The van der Waals surface area contributed by atoms with Gasteiger partial charge >= 0.3 is 0 Å². The summed E-state index contributed by atoms with van der Waals surface area (Å²) in [7, 11) is 0. The third kappa shape index (κ3) is 3.82. The molecule has 1 fully saturated rings. The summed E-state index contributed by atoms with van der Waals surface area (Å²) in [6.45, 7) is 4.35. The van der Waals surface area contributed by atoms with Crippen LogP contribution < -0.4 is 10.0 Å². The third-order valence-electron chi connectivity index (χ3n) is 6.05. The zero-order valence-electron chi connectivity index (χ0n) is 16.3. The van der Waals surface area contributed by atoms with Crippen molar-refractivity contribution in [2.45, 2.75) is 24.8 Å². The van der Waals surface area contributed by atoms with E-state index < -0.39 is 5.91 Å². The predicted molar refractivity (Wildman–Crippen MR) is 118 cm³/mol. The fraction of sp³-hybridized carbons (Fsp3) is 0.348. The van der Waals surface area contributed by atoms with Gasteiger partial charge in [0.25, 0.3) is 0 Å². The average Bonchev–Trinajstić information content (AvgIpc) is 3.03. The molecule has 2 heterocycles. The Bertz CT molecular complexity index is 870. The molecule has 0 radical (unpaired) electrons. The van der Waals surface area contributed by atoms with Gasteiger partial charge in [-0.1, -0.05) is 54.4 Å². The molecule has 2 N–H and O–H groups in total. The summed E-state index contributed by atoms with van der Waals surface area (Å²) in [5.74, 6) is -0.417. The lowest BCUT2D eigenvalue weighted by molar-refractivity contribution is -0.113. The van der Waals surface area contributed by atoms with Crippen molar-refractivity contribution in [3.63, 3.8) is 0 Å². The van der Waals surface area contributed by atoms with Gasteiger partial charge in [-0.3, -0.25) is 9.69 Å². The standard InChI is InChI=1S/C23H27N3OS/c1-28-26-17-23(20-4-2-3-5-21(20)26)12-14-25(15-13-23)16-19-8-6-18(7-9-19)10-11-22(24)27/h2-11H,12-17H2,1H3,(H2,24,27)/b11-10+. The van der Waals surface area contributed by atoms with Crippen molar-refractivity contribution < 1.29 is 4.79 Å². The summed E-state index contributed by atoms with van der Waals surface area (Å²) in [4.78, 5) is 13.4. The number of nitrogens with zero attached hydrogens (tertiary/aromatic N) is 2. The van der Waals surface area contributed by atoms with Crippen LogP contribution in [0.1, 0.15) is 29.5 Å². The smallest absolute Gasteiger partial charge is 0.241 e. The number of hydrogen-bond donors (Lipinski definition) is 1. The number of fused-ring (bicyclic) bond motifs is 2. The molecule has 0 atom stereocenters. The first-order valence-corrected chi connectivity index (χ1v) is 11.0. The molecule has 28 heavy (non-hydrogen) atoms. The number of primary amides is 1. The minimum absolute atomic E-state index is 0.305. The van der Waals surface area contributed by atoms with Crippen molar-refractivity contribution in [3.05, 3.63) is 71.3 Å². The van der Waals surface area contributed by atoms with Gasteiger partial charge in [0, 0.05) is 30.8 Å². The second-order valence-corrected chi connectivity index (χ2v) is 8.58. The van der Waals surface area contributed by atoms with Crippen LogP contribution in [0.5, 0.6) is 0 Å². The minimum Gasteiger partial charge on any atom is -0.366 e. The number of likely N-dealkylation sites (tertiary alicyclic amines) is 1. The van der Waals surface area contributed by atoms with Gasteiger partial charge in [0.05, 0.1) is 5.69 Å². The highest BCUT2D eigenvalue weighted by molar-refractivity contribution is 8.00. The molecule has 1 saturated heterocycles. The molecule has 0 bridgehead atoms. The molecule has 146 valence electrons. The van der Waals surface area contributed by atoms with Crippen molar-refractivity contribution in [1.29, 1.82) is 0 Å². The Balaban J connectivity index is 1.39. The van der Waals surface area contributed by atoms with Crippen LogP contribution in [0, 0.1) is 0 Å². The monoisotopic (exact) mass is 393 g/mol. The van der Waals surface area contributed by atoms with E-state index in [2.05, 4.69) is 51.9 Å². The van der Waals surface area contributed by atoms with Crippen LogP contribution in [0.15, 0.2) is 54.6 Å². The normalized spacial score (nSPS) is 18.7. The van der Waals surface area contributed by atoms with E-state index in [1.807, 2.05) is 24.1 Å². The lowest BCUT2D eigenvalue weighted by atomic mass is 9.74. The van der Waals surface area contributed by atoms with E-state index in [4.69, 9.17) is 5.73 Å². The first-order chi connectivity index (χ1) is 13.6. The second-order valence-electron chi connectivity index (χ2n) is 7.77. The summed E-state index contributed by atoms with van der Waals surface area (Å²) in [6, 6.07) is 17.3. The van der Waals surface area contributed by atoms with Gasteiger partial charge in [0.1, 0.15) is 0 Å². The number of amides is 1. The molecular weight excluding hydrogens is 366 g/mol. The number of hydrogen-bond acceptors (Lipinski definition) is 4. The Morgan fingerprint density at radius 2 is 1.86 bits per heavy atom. The van der Waals surface area contributed by atoms with E-state index in [9.17, 15) is 4.79 Å². The zero-order valence-corrected chi connectivity index (χ0v) is 17.1. The Morgan fingerprint density at radius 3 is 2.54 bits per heavy atom. The fourth-order valence-corrected chi connectivity index (χ4v) is 5.22. The molecule has 1 amide bonds. The molecule has 2 aromatic carbocycles. The number of carbonyl (C=O) groups is 1. The van der Waals surface area contributed by atoms with Gasteiger partial charge in [-0.05, 0) is 54.8 Å². The Kier molecular flexibility index (Phi) is 5.47. The summed E-state index contributed by atoms with van der Waals surface area (Å²) in [5, 5.41) is 0. The van der Waals surface area contributed by atoms with Gasteiger partial charge in [-0.15, -0.1) is 0 Å². The Morgan fingerprint density at radius 1 is 1.14 bits per heavy atom. The maximum atomic E-state index is 10.8. The molecular formula is C23H27N3OS. The first kappa shape index (κ1) is 19.1. The summed E-state index contributed by atoms with van der Waals surface area (Å²) in [5.41, 5.74) is 10.7. The van der Waals surface area contributed by atoms with Crippen LogP contribution in [-0.4, -0.2) is 36.7 Å². The van der Waals surface area contributed by atoms with E-state index in [0.717, 1.165) is 31.7 Å². The van der Waals surface area contributed by atoms with Crippen LogP contribution in [0.3, 0.4) is 0 Å². The van der Waals surface area contributed by atoms with Crippen molar-refractivity contribution in [3.8, 4) is 0 Å². The number of para-hydroxylation sites is 1. The van der Waals surface area contributed by atoms with Crippen molar-refractivity contribution in [1.82, 2.24) is 4.90 Å². The van der Waals surface area contributed by atoms with Gasteiger partial charge in [0.2, 0.25) is 5.91 Å². The average molecular weight is 394 g/mol. The van der Waals surface area contributed by atoms with Gasteiger partial charge in [-0.25, -0.2) is 0 Å². The lowest BCUT2D eigenvalue weighted by Gasteiger charge is -2.40. The van der Waals surface area contributed by atoms with E-state index >= 15 is 0 Å². The Labute approximate surface area is 171 Å². The molecule has 0 aromatic heterocycles. The van der Waals surface area contributed by atoms with Crippen LogP contribution in [0.2, 0.25) is 0 Å². The molecule has 4 rings (SSSR count). The van der Waals surface area contributed by atoms with Gasteiger partial charge in [0.15, 0.2) is 0 Å². The number of rotatable bonds is 5. The molecule has 4 nitrogen and oxygen atoms in total. The third-order valence-corrected chi connectivity index (χ3v) is 6.82. The molecule has 1 spiro atoms. The first-order valence-electron chi connectivity index (χ1n) is 9.80. The Hall–Kier alpha value is -2.24. The topological polar surface area (TPSA) is 49.6 Å². The SMILES string of the molecule is CSN1CC2(CCN(Cc3ccc(/C=C/C(N)=O)cc3)CC2)c2ccccc21. The highest BCUT2D eigenvalue weighted by Crippen LogP contribution is 2.48. The molecule has 2 aromatic rings. The minimum atomic E-state index is -0.417. The van der Waals surface area contributed by atoms with Gasteiger partial charge in [-0.2, -0.15) is 0 Å². The van der Waals surface area contributed by atoms with Gasteiger partial charge < -0.3 is 10.0 Å². The van der Waals surface area contributed by atoms with Crippen molar-refractivity contribution in [2.75, 3.05) is 30.2 Å². The maximum Gasteiger partial charge on any atom is 0.241 e. The van der Waals surface area contributed by atoms with Crippen LogP contribution in [0.25, 0.3) is 6.08 Å². The number of benzene rings is 2. The molecule has 2 aliphatic heterocycles. The number of carbonyl (C=O) groups excluding carboxylic acids is 1. The molecule has 5 heteroatoms. The molecule has 0 aliphatic carbocycles. The lowest BCUT2D eigenvalue weighted by Crippen LogP contribution is -2.44. The summed E-state index contributed by atoms with van der Waals surface area (Å²) in [6.07, 6.45) is 7.75. The number of nitrogens with two attached hydrogens (primary N) is 1. The van der Waals surface area contributed by atoms with Crippen LogP contribution in [0.4, 0.5) is 5.69 Å². The van der Waals surface area contributed by atoms with E-state index in [0.29, 0.717) is 5.41 Å². The molecule has 2 aliphatic rings. The largest absolute Gasteiger partial charge is 0.366 e. The van der Waals surface area contributed by atoms with Crippen LogP contribution in [-0.2, 0) is 16.8 Å². The van der Waals surface area contributed by atoms with E-state index in [1.165, 1.54) is 35.7 Å². The second kappa shape index (κ2) is 8.02.